The van der Waals surface area contributed by atoms with Gasteiger partial charge in [-0.3, -0.25) is 10.1 Å². The van der Waals surface area contributed by atoms with Gasteiger partial charge >= 0.3 is 0 Å². The minimum atomic E-state index is -3.86. The maximum atomic E-state index is 12.4. The number of nitro groups is 1. The monoisotopic (exact) mass is 281 g/mol. The number of rotatable bonds is 3. The van der Waals surface area contributed by atoms with Gasteiger partial charge in [0.1, 0.15) is 6.33 Å². The van der Waals surface area contributed by atoms with E-state index < -0.39 is 14.9 Å². The Morgan fingerprint density at radius 2 is 2.00 bits per heavy atom. The molecule has 100 valence electrons. The number of aromatic nitrogens is 2. The van der Waals surface area contributed by atoms with Gasteiger partial charge in [-0.2, -0.15) is 0 Å². The normalized spacial score (nSPS) is 11.5. The van der Waals surface area contributed by atoms with Gasteiger partial charge in [-0.15, -0.1) is 0 Å². The molecule has 1 heterocycles. The van der Waals surface area contributed by atoms with Crippen molar-refractivity contribution < 1.29 is 13.3 Å². The third-order valence-electron chi connectivity index (χ3n) is 2.70. The van der Waals surface area contributed by atoms with E-state index in [1.54, 1.807) is 13.8 Å². The Balaban J connectivity index is 2.68. The van der Waals surface area contributed by atoms with Crippen molar-refractivity contribution in [2.75, 3.05) is 0 Å². The highest BCUT2D eigenvalue weighted by Crippen LogP contribution is 2.24. The van der Waals surface area contributed by atoms with Gasteiger partial charge in [-0.05, 0) is 19.4 Å². The molecule has 0 saturated heterocycles. The van der Waals surface area contributed by atoms with E-state index in [4.69, 9.17) is 0 Å². The van der Waals surface area contributed by atoms with E-state index >= 15 is 0 Å². The molecular weight excluding hydrogens is 270 g/mol. The molecule has 0 aliphatic carbocycles. The lowest BCUT2D eigenvalue weighted by atomic mass is 10.2. The van der Waals surface area contributed by atoms with Crippen LogP contribution in [0.25, 0.3) is 0 Å². The summed E-state index contributed by atoms with van der Waals surface area (Å²) >= 11 is 0. The average molecular weight is 281 g/mol. The molecule has 7 nitrogen and oxygen atoms in total. The minimum Gasteiger partial charge on any atom is -0.258 e. The second-order valence-electron chi connectivity index (χ2n) is 4.04. The van der Waals surface area contributed by atoms with Crippen molar-refractivity contribution in [2.24, 2.45) is 0 Å². The maximum Gasteiger partial charge on any atom is 0.270 e. The number of non-ortho nitro benzene ring substituents is 1. The predicted molar refractivity (Wildman–Crippen MR) is 67.4 cm³/mol. The first kappa shape index (κ1) is 13.2. The molecule has 0 spiro atoms. The number of aryl methyl sites for hydroxylation is 2. The van der Waals surface area contributed by atoms with Gasteiger partial charge in [0, 0.05) is 18.3 Å². The van der Waals surface area contributed by atoms with E-state index in [-0.39, 0.29) is 10.6 Å². The Morgan fingerprint density at radius 3 is 2.53 bits per heavy atom. The molecule has 0 unspecified atom stereocenters. The molecule has 1 aromatic carbocycles. The molecule has 0 atom stereocenters. The Hall–Kier alpha value is -2.22. The van der Waals surface area contributed by atoms with Crippen molar-refractivity contribution in [3.05, 3.63) is 52.1 Å². The molecule has 1 aromatic heterocycles. The number of hydrogen-bond acceptors (Lipinski definition) is 5. The van der Waals surface area contributed by atoms with Gasteiger partial charge in [0.05, 0.1) is 15.5 Å². The molecule has 0 saturated carbocycles. The van der Waals surface area contributed by atoms with E-state index in [1.165, 1.54) is 24.7 Å². The van der Waals surface area contributed by atoms with Gasteiger partial charge in [0.25, 0.3) is 15.7 Å². The zero-order valence-electron chi connectivity index (χ0n) is 10.3. The van der Waals surface area contributed by atoms with Crippen LogP contribution in [0.5, 0.6) is 0 Å². The standard InChI is InChI=1S/C11H11N3O4S/c1-8-3-4-10(14(15)16)5-11(8)19(17,18)13-7-12-6-9(13)2/h3-7H,1-2H3. The van der Waals surface area contributed by atoms with Crippen molar-refractivity contribution in [3.63, 3.8) is 0 Å². The average Bonchev–Trinajstić information content (AvgIpc) is 2.76. The smallest absolute Gasteiger partial charge is 0.258 e. The van der Waals surface area contributed by atoms with Crippen molar-refractivity contribution in [1.29, 1.82) is 0 Å². The van der Waals surface area contributed by atoms with Gasteiger partial charge < -0.3 is 0 Å². The molecule has 0 N–H and O–H groups in total. The fourth-order valence-electron chi connectivity index (χ4n) is 1.69. The molecule has 0 aliphatic rings. The van der Waals surface area contributed by atoms with E-state index in [0.29, 0.717) is 11.3 Å². The Bertz CT molecular complexity index is 749. The van der Waals surface area contributed by atoms with Crippen LogP contribution in [-0.4, -0.2) is 22.3 Å². The lowest BCUT2D eigenvalue weighted by Crippen LogP contribution is -2.15. The predicted octanol–water partition coefficient (Wildman–Crippen LogP) is 1.65. The first-order valence-corrected chi connectivity index (χ1v) is 6.77. The van der Waals surface area contributed by atoms with Crippen molar-refractivity contribution in [3.8, 4) is 0 Å². The van der Waals surface area contributed by atoms with Gasteiger partial charge in [-0.1, -0.05) is 6.07 Å². The molecule has 0 radical (unpaired) electrons. The summed E-state index contributed by atoms with van der Waals surface area (Å²) < 4.78 is 25.8. The SMILES string of the molecule is Cc1ccc([N+](=O)[O-])cc1S(=O)(=O)n1cncc1C. The van der Waals surface area contributed by atoms with Crippen LogP contribution in [0.2, 0.25) is 0 Å². The van der Waals surface area contributed by atoms with Crippen molar-refractivity contribution in [2.45, 2.75) is 18.7 Å². The first-order valence-electron chi connectivity index (χ1n) is 5.33. The van der Waals surface area contributed by atoms with Crippen LogP contribution in [0, 0.1) is 24.0 Å². The summed E-state index contributed by atoms with van der Waals surface area (Å²) in [4.78, 5) is 13.8. The number of hydrogen-bond donors (Lipinski definition) is 0. The Kier molecular flexibility index (Phi) is 3.11. The summed E-state index contributed by atoms with van der Waals surface area (Å²) in [6, 6.07) is 3.75. The van der Waals surface area contributed by atoms with Crippen LogP contribution in [-0.2, 0) is 10.0 Å². The molecule has 8 heteroatoms. The Labute approximate surface area is 109 Å². The van der Waals surface area contributed by atoms with Gasteiger partial charge in [-0.25, -0.2) is 17.4 Å². The van der Waals surface area contributed by atoms with E-state index in [2.05, 4.69) is 4.98 Å². The fourth-order valence-corrected chi connectivity index (χ4v) is 3.25. The topological polar surface area (TPSA) is 95.1 Å². The molecule has 19 heavy (non-hydrogen) atoms. The molecule has 0 amide bonds. The molecular formula is C11H11N3O4S. The van der Waals surface area contributed by atoms with Crippen molar-refractivity contribution in [1.82, 2.24) is 8.96 Å². The third-order valence-corrected chi connectivity index (χ3v) is 4.60. The number of benzene rings is 1. The molecule has 2 rings (SSSR count). The van der Waals surface area contributed by atoms with E-state index in [9.17, 15) is 18.5 Å². The maximum absolute atomic E-state index is 12.4. The van der Waals surface area contributed by atoms with Crippen LogP contribution >= 0.6 is 0 Å². The first-order chi connectivity index (χ1) is 8.84. The van der Waals surface area contributed by atoms with Crippen LogP contribution in [0.1, 0.15) is 11.3 Å². The minimum absolute atomic E-state index is 0.0946. The lowest BCUT2D eigenvalue weighted by molar-refractivity contribution is -0.385. The zero-order valence-corrected chi connectivity index (χ0v) is 11.1. The van der Waals surface area contributed by atoms with Gasteiger partial charge in [0.15, 0.2) is 0 Å². The fraction of sp³-hybridized carbons (Fsp3) is 0.182. The zero-order chi connectivity index (χ0) is 14.2. The Morgan fingerprint density at radius 1 is 1.32 bits per heavy atom. The van der Waals surface area contributed by atoms with Crippen LogP contribution in [0.4, 0.5) is 5.69 Å². The summed E-state index contributed by atoms with van der Waals surface area (Å²) in [6.07, 6.45) is 2.58. The van der Waals surface area contributed by atoms with Crippen LogP contribution in [0.15, 0.2) is 35.6 Å². The second-order valence-corrected chi connectivity index (χ2v) is 5.83. The summed E-state index contributed by atoms with van der Waals surface area (Å²) in [7, 11) is -3.86. The highest BCUT2D eigenvalue weighted by atomic mass is 32.2. The highest BCUT2D eigenvalue weighted by molar-refractivity contribution is 7.90. The summed E-state index contributed by atoms with van der Waals surface area (Å²) in [5.41, 5.74) is 0.617. The summed E-state index contributed by atoms with van der Waals surface area (Å²) in [5.74, 6) is 0. The largest absolute Gasteiger partial charge is 0.270 e. The van der Waals surface area contributed by atoms with E-state index in [1.807, 2.05) is 0 Å². The molecule has 2 aromatic rings. The molecule has 0 aliphatic heterocycles. The lowest BCUT2D eigenvalue weighted by Gasteiger charge is -2.09. The molecule has 0 bridgehead atoms. The van der Waals surface area contributed by atoms with Crippen molar-refractivity contribution >= 4 is 15.7 Å². The number of nitro benzene ring substituents is 1. The quantitative estimate of drug-likeness (QED) is 0.629. The summed E-state index contributed by atoms with van der Waals surface area (Å²) in [6.45, 7) is 3.18. The van der Waals surface area contributed by atoms with E-state index in [0.717, 1.165) is 10.0 Å². The summed E-state index contributed by atoms with van der Waals surface area (Å²) in [5, 5.41) is 10.7. The third kappa shape index (κ3) is 2.22. The highest BCUT2D eigenvalue weighted by Gasteiger charge is 2.23. The molecule has 0 fully saturated rings. The van der Waals surface area contributed by atoms with Crippen LogP contribution < -0.4 is 0 Å². The van der Waals surface area contributed by atoms with Crippen LogP contribution in [0.3, 0.4) is 0 Å². The van der Waals surface area contributed by atoms with Gasteiger partial charge in [0.2, 0.25) is 0 Å². The second kappa shape index (κ2) is 4.47. The number of nitrogens with zero attached hydrogens (tertiary/aromatic N) is 3. The number of imidazole rings is 1.